The molecule has 0 saturated heterocycles. The molecule has 0 saturated carbocycles. The number of nitrogens with one attached hydrogen (secondary N) is 1. The Morgan fingerprint density at radius 3 is 2.82 bits per heavy atom. The van der Waals surface area contributed by atoms with Crippen molar-refractivity contribution >= 4 is 16.6 Å². The monoisotopic (exact) mass is 226 g/mol. The van der Waals surface area contributed by atoms with Gasteiger partial charge in [-0.3, -0.25) is 0 Å². The highest BCUT2D eigenvalue weighted by Crippen LogP contribution is 2.28. The highest BCUT2D eigenvalue weighted by Gasteiger charge is 2.12. The Hall–Kier alpha value is -2.56. The first-order valence-corrected chi connectivity index (χ1v) is 5.11. The molecule has 0 radical (unpaired) electrons. The molecule has 5 nitrogen and oxygen atoms in total. The number of nitrogens with two attached hydrogens (primary N) is 1. The minimum absolute atomic E-state index is 0.330. The minimum Gasteiger partial charge on any atom is -0.411 e. The van der Waals surface area contributed by atoms with Crippen molar-refractivity contribution in [3.8, 4) is 11.3 Å². The Kier molecular flexibility index (Phi) is 1.82. The maximum atomic E-state index is 9.77. The summed E-state index contributed by atoms with van der Waals surface area (Å²) in [5, 5.41) is 22.6. The van der Waals surface area contributed by atoms with Gasteiger partial charge in [-0.2, -0.15) is 0 Å². The van der Waals surface area contributed by atoms with Crippen LogP contribution in [-0.4, -0.2) is 15.2 Å². The Bertz CT molecular complexity index is 747. The van der Waals surface area contributed by atoms with Crippen LogP contribution < -0.4 is 11.1 Å². The van der Waals surface area contributed by atoms with Crippen molar-refractivity contribution in [2.24, 2.45) is 0 Å². The number of benzene rings is 2. The highest BCUT2D eigenvalue weighted by molar-refractivity contribution is 5.95. The average molecular weight is 226 g/mol. The molecule has 0 bridgehead atoms. The lowest BCUT2D eigenvalue weighted by molar-refractivity contribution is 0.152. The first-order valence-electron chi connectivity index (χ1n) is 5.11. The molecule has 5 heteroatoms. The lowest BCUT2D eigenvalue weighted by atomic mass is 10.0. The predicted molar refractivity (Wildman–Crippen MR) is 63.8 cm³/mol. The summed E-state index contributed by atoms with van der Waals surface area (Å²) in [4.78, 5) is 0.787. The molecule has 1 aromatic rings. The fourth-order valence-electron chi connectivity index (χ4n) is 1.94. The molecular formula is C12H10N4O. The van der Waals surface area contributed by atoms with Crippen LogP contribution in [-0.2, 0) is 0 Å². The van der Waals surface area contributed by atoms with Gasteiger partial charge >= 0.3 is 0 Å². The van der Waals surface area contributed by atoms with E-state index in [2.05, 4.69) is 5.10 Å². The number of hydrogen-bond acceptors (Lipinski definition) is 4. The Morgan fingerprint density at radius 2 is 2.00 bits per heavy atom. The van der Waals surface area contributed by atoms with Crippen LogP contribution in [0.1, 0.15) is 0 Å². The zero-order valence-electron chi connectivity index (χ0n) is 8.88. The molecule has 0 amide bonds. The fourth-order valence-corrected chi connectivity index (χ4v) is 1.94. The van der Waals surface area contributed by atoms with Crippen molar-refractivity contribution in [2.45, 2.75) is 0 Å². The van der Waals surface area contributed by atoms with Crippen LogP contribution >= 0.6 is 0 Å². The van der Waals surface area contributed by atoms with E-state index in [1.807, 2.05) is 6.07 Å². The molecule has 1 aromatic carbocycles. The van der Waals surface area contributed by atoms with Gasteiger partial charge in [0, 0.05) is 16.6 Å². The topological polar surface area (TPSA) is 87.9 Å². The summed E-state index contributed by atoms with van der Waals surface area (Å²) in [7, 11) is 0. The van der Waals surface area contributed by atoms with Gasteiger partial charge in [0.05, 0.1) is 10.9 Å². The number of nitrogen functional groups attached to an aromatic ring is 1. The van der Waals surface area contributed by atoms with E-state index in [0.29, 0.717) is 22.3 Å². The summed E-state index contributed by atoms with van der Waals surface area (Å²) in [6.07, 6.45) is 0. The van der Waals surface area contributed by atoms with Gasteiger partial charge in [-0.15, -0.1) is 9.94 Å². The zero-order chi connectivity index (χ0) is 12.0. The third-order valence-electron chi connectivity index (χ3n) is 2.73. The van der Waals surface area contributed by atoms with E-state index in [-0.39, 0.29) is 0 Å². The lowest BCUT2D eigenvalue weighted by Gasteiger charge is -2.12. The van der Waals surface area contributed by atoms with Gasteiger partial charge in [-0.25, -0.2) is 0 Å². The van der Waals surface area contributed by atoms with E-state index < -0.39 is 0 Å². The van der Waals surface area contributed by atoms with Crippen LogP contribution in [0, 0.1) is 5.41 Å². The quantitative estimate of drug-likeness (QED) is 0.308. The summed E-state index contributed by atoms with van der Waals surface area (Å²) in [6.45, 7) is 0. The largest absolute Gasteiger partial charge is 0.411 e. The third kappa shape index (κ3) is 1.40. The lowest BCUT2D eigenvalue weighted by Crippen LogP contribution is -2.09. The molecule has 84 valence electrons. The van der Waals surface area contributed by atoms with E-state index in [4.69, 9.17) is 11.1 Å². The van der Waals surface area contributed by atoms with Crippen LogP contribution in [0.25, 0.3) is 22.2 Å². The van der Waals surface area contributed by atoms with Gasteiger partial charge in [-0.1, -0.05) is 6.07 Å². The zero-order valence-corrected chi connectivity index (χ0v) is 8.88. The molecule has 0 fully saturated rings. The molecule has 0 spiro atoms. The van der Waals surface area contributed by atoms with Crippen LogP contribution in [0.2, 0.25) is 0 Å². The molecule has 3 rings (SSSR count). The van der Waals surface area contributed by atoms with Gasteiger partial charge in [0.1, 0.15) is 5.69 Å². The second-order valence-corrected chi connectivity index (χ2v) is 3.90. The maximum absolute atomic E-state index is 9.77. The van der Waals surface area contributed by atoms with Crippen LogP contribution in [0.15, 0.2) is 36.4 Å². The smallest absolute Gasteiger partial charge is 0.111 e. The molecule has 17 heavy (non-hydrogen) atoms. The van der Waals surface area contributed by atoms with Crippen LogP contribution in [0.3, 0.4) is 0 Å². The number of nitrogens with zero attached hydrogens (tertiary/aromatic N) is 2. The molecule has 2 aliphatic rings. The second-order valence-electron chi connectivity index (χ2n) is 3.90. The van der Waals surface area contributed by atoms with Crippen molar-refractivity contribution in [2.75, 3.05) is 5.73 Å². The first kappa shape index (κ1) is 9.65. The molecule has 1 heterocycles. The Morgan fingerprint density at radius 1 is 1.18 bits per heavy atom. The first-order chi connectivity index (χ1) is 8.15. The van der Waals surface area contributed by atoms with E-state index in [9.17, 15) is 5.21 Å². The number of fused-ring (bicyclic) bond motifs is 3. The van der Waals surface area contributed by atoms with Crippen molar-refractivity contribution in [1.82, 2.24) is 9.94 Å². The molecule has 1 aliphatic carbocycles. The van der Waals surface area contributed by atoms with Gasteiger partial charge < -0.3 is 16.4 Å². The van der Waals surface area contributed by atoms with Gasteiger partial charge in [-0.05, 0) is 30.3 Å². The molecule has 0 aromatic heterocycles. The highest BCUT2D eigenvalue weighted by atomic mass is 16.5. The number of rotatable bonds is 0. The Balaban J connectivity index is 2.55. The SMILES string of the molecule is N=c1ccc2c3ccc(N)cc3nn(O)c-2c1. The number of aromatic nitrogens is 2. The normalized spacial score (nSPS) is 11.1. The third-order valence-corrected chi connectivity index (χ3v) is 2.73. The fraction of sp³-hybridized carbons (Fsp3) is 0. The Labute approximate surface area is 96.5 Å². The number of anilines is 1. The summed E-state index contributed by atoms with van der Waals surface area (Å²) < 4.78 is 0. The standard InChI is InChI=1S/C12H10N4O/c13-7-1-3-9-10-4-2-8(14)6-12(10)16(17)15-11(9)5-7/h1-6,14,17H,13H2. The van der Waals surface area contributed by atoms with E-state index >= 15 is 0 Å². The predicted octanol–water partition coefficient (Wildman–Crippen LogP) is 1.44. The molecular weight excluding hydrogens is 216 g/mol. The van der Waals surface area contributed by atoms with Crippen molar-refractivity contribution in [1.29, 1.82) is 5.41 Å². The van der Waals surface area contributed by atoms with E-state index in [1.54, 1.807) is 30.3 Å². The average Bonchev–Trinajstić information content (AvgIpc) is 2.29. The van der Waals surface area contributed by atoms with E-state index in [0.717, 1.165) is 15.8 Å². The van der Waals surface area contributed by atoms with Crippen LogP contribution in [0.5, 0.6) is 0 Å². The molecule has 4 N–H and O–H groups in total. The van der Waals surface area contributed by atoms with Gasteiger partial charge in [0.2, 0.25) is 0 Å². The maximum Gasteiger partial charge on any atom is 0.111 e. The van der Waals surface area contributed by atoms with Gasteiger partial charge in [0.25, 0.3) is 0 Å². The van der Waals surface area contributed by atoms with Crippen molar-refractivity contribution < 1.29 is 5.21 Å². The van der Waals surface area contributed by atoms with Crippen molar-refractivity contribution in [3.63, 3.8) is 0 Å². The summed E-state index contributed by atoms with van der Waals surface area (Å²) in [5.74, 6) is 0. The van der Waals surface area contributed by atoms with Crippen LogP contribution in [0.4, 0.5) is 5.69 Å². The van der Waals surface area contributed by atoms with E-state index in [1.165, 1.54) is 0 Å². The summed E-state index contributed by atoms with van der Waals surface area (Å²) in [6, 6.07) is 10.4. The molecule has 0 atom stereocenters. The molecule has 1 aliphatic heterocycles. The summed E-state index contributed by atoms with van der Waals surface area (Å²) in [5.41, 5.74) is 8.25. The minimum atomic E-state index is 0.330. The van der Waals surface area contributed by atoms with Gasteiger partial charge in [0.15, 0.2) is 0 Å². The summed E-state index contributed by atoms with van der Waals surface area (Å²) >= 11 is 0. The number of hydrogen-bond donors (Lipinski definition) is 3. The van der Waals surface area contributed by atoms with Crippen molar-refractivity contribution in [3.05, 3.63) is 41.8 Å². The second kappa shape index (κ2) is 3.21. The molecule has 0 unspecified atom stereocenters.